The number of aliphatic hydroxyl groups is 3. The first-order chi connectivity index (χ1) is 10.9. The molecule has 23 heavy (non-hydrogen) atoms. The Kier molecular flexibility index (Phi) is 2.74. The van der Waals surface area contributed by atoms with E-state index in [0.717, 1.165) is 37.0 Å². The van der Waals surface area contributed by atoms with Crippen molar-refractivity contribution in [2.24, 2.45) is 45.3 Å². The van der Waals surface area contributed by atoms with E-state index in [2.05, 4.69) is 13.8 Å². The second-order valence-electron chi connectivity index (χ2n) is 10.5. The number of fused-ring (bicyclic) bond motifs is 1. The molecule has 6 fully saturated rings. The number of rotatable bonds is 2. The number of hydrogen-bond donors (Lipinski definition) is 3. The fraction of sp³-hybridized carbons (Fsp3) is 1.00. The van der Waals surface area contributed by atoms with Crippen molar-refractivity contribution in [2.45, 2.75) is 64.9 Å². The quantitative estimate of drug-likeness (QED) is 0.733. The first-order valence-electron chi connectivity index (χ1n) is 9.76. The molecule has 0 aromatic rings. The summed E-state index contributed by atoms with van der Waals surface area (Å²) in [5.41, 5.74) is 0.706. The average molecular weight is 320 g/mol. The molecule has 6 saturated carbocycles. The van der Waals surface area contributed by atoms with Gasteiger partial charge in [0.1, 0.15) is 0 Å². The van der Waals surface area contributed by atoms with Crippen LogP contribution >= 0.6 is 0 Å². The van der Waals surface area contributed by atoms with Crippen molar-refractivity contribution in [3.05, 3.63) is 0 Å². The third kappa shape index (κ3) is 1.46. The lowest BCUT2D eigenvalue weighted by molar-refractivity contribution is -0.222. The van der Waals surface area contributed by atoms with Crippen LogP contribution in [0.25, 0.3) is 0 Å². The minimum absolute atomic E-state index is 0.0750. The highest BCUT2D eigenvalue weighted by Gasteiger charge is 2.78. The van der Waals surface area contributed by atoms with E-state index in [1.54, 1.807) is 0 Å². The van der Waals surface area contributed by atoms with Gasteiger partial charge >= 0.3 is 0 Å². The smallest absolute Gasteiger partial charge is 0.0643 e. The Morgan fingerprint density at radius 2 is 1.65 bits per heavy atom. The molecule has 0 amide bonds. The monoisotopic (exact) mass is 320 g/mol. The van der Waals surface area contributed by atoms with E-state index in [-0.39, 0.29) is 24.5 Å². The zero-order valence-corrected chi connectivity index (χ0v) is 14.6. The van der Waals surface area contributed by atoms with Gasteiger partial charge in [-0.3, -0.25) is 0 Å². The summed E-state index contributed by atoms with van der Waals surface area (Å²) in [6.07, 6.45) is 7.84. The van der Waals surface area contributed by atoms with Crippen molar-refractivity contribution < 1.29 is 15.3 Å². The van der Waals surface area contributed by atoms with Crippen molar-refractivity contribution in [3.63, 3.8) is 0 Å². The summed E-state index contributed by atoms with van der Waals surface area (Å²) < 4.78 is 0. The van der Waals surface area contributed by atoms with Crippen LogP contribution in [-0.2, 0) is 0 Å². The van der Waals surface area contributed by atoms with Crippen LogP contribution < -0.4 is 0 Å². The maximum atomic E-state index is 10.6. The second kappa shape index (κ2) is 4.16. The van der Waals surface area contributed by atoms with Crippen LogP contribution in [0.3, 0.4) is 0 Å². The summed E-state index contributed by atoms with van der Waals surface area (Å²) in [5.74, 6) is 2.95. The molecule has 0 radical (unpaired) electrons. The van der Waals surface area contributed by atoms with Gasteiger partial charge in [0.25, 0.3) is 0 Å². The molecule has 4 bridgehead atoms. The zero-order chi connectivity index (χ0) is 16.3. The molecule has 0 aromatic carbocycles. The van der Waals surface area contributed by atoms with Crippen LogP contribution in [-0.4, -0.2) is 34.6 Å². The highest BCUT2D eigenvalue weighted by Crippen LogP contribution is 2.85. The van der Waals surface area contributed by atoms with Gasteiger partial charge in [0.2, 0.25) is 0 Å². The molecule has 3 nitrogen and oxygen atoms in total. The molecule has 8 atom stereocenters. The van der Waals surface area contributed by atoms with E-state index in [1.165, 1.54) is 25.7 Å². The van der Waals surface area contributed by atoms with Crippen LogP contribution in [0, 0.1) is 45.3 Å². The highest BCUT2D eigenvalue weighted by molar-refractivity contribution is 5.27. The Bertz CT molecular complexity index is 543. The maximum absolute atomic E-state index is 10.6. The lowest BCUT2D eigenvalue weighted by Crippen LogP contribution is -2.64. The molecule has 6 aliphatic rings. The van der Waals surface area contributed by atoms with Crippen LogP contribution in [0.5, 0.6) is 0 Å². The van der Waals surface area contributed by atoms with Crippen LogP contribution in [0.2, 0.25) is 0 Å². The SMILES string of the molecule is C[C@@]12CC[C@@H](O)C(CO)(CO)[C@H]1CC[C@]13C[C@@H]4[C@H](C[C@H]12)[C@]4(C)C3. The van der Waals surface area contributed by atoms with Crippen molar-refractivity contribution in [2.75, 3.05) is 13.2 Å². The normalized spacial score (nSPS) is 61.7. The summed E-state index contributed by atoms with van der Waals surface area (Å²) >= 11 is 0. The van der Waals surface area contributed by atoms with E-state index in [9.17, 15) is 15.3 Å². The molecule has 6 aliphatic carbocycles. The van der Waals surface area contributed by atoms with Crippen LogP contribution in [0.1, 0.15) is 58.8 Å². The minimum atomic E-state index is -0.679. The summed E-state index contributed by atoms with van der Waals surface area (Å²) in [7, 11) is 0. The zero-order valence-electron chi connectivity index (χ0n) is 14.6. The third-order valence-electron chi connectivity index (χ3n) is 10.1. The second-order valence-corrected chi connectivity index (χ2v) is 10.5. The standard InChI is InChI=1S/C20H32O3/c1-17-5-4-16(23)20(10-21,11-22)14(17)3-6-19-8-13-12(7-15(17)19)18(13,2)9-19/h12-16,21-23H,3-11H2,1-2H3/t12-,13+,14-,15-,16+,17+,18-,19+/m0/s1. The molecule has 0 saturated heterocycles. The van der Waals surface area contributed by atoms with Crippen molar-refractivity contribution in [1.82, 2.24) is 0 Å². The van der Waals surface area contributed by atoms with Crippen molar-refractivity contribution in [3.8, 4) is 0 Å². The van der Waals surface area contributed by atoms with E-state index in [1.807, 2.05) is 0 Å². The minimum Gasteiger partial charge on any atom is -0.396 e. The van der Waals surface area contributed by atoms with Crippen LogP contribution in [0.4, 0.5) is 0 Å². The number of aliphatic hydroxyl groups excluding tert-OH is 3. The van der Waals surface area contributed by atoms with Crippen molar-refractivity contribution in [1.29, 1.82) is 0 Å². The van der Waals surface area contributed by atoms with Gasteiger partial charge < -0.3 is 15.3 Å². The average Bonchev–Trinajstić information content (AvgIpc) is 2.99. The first-order valence-corrected chi connectivity index (χ1v) is 9.76. The maximum Gasteiger partial charge on any atom is 0.0643 e. The lowest BCUT2D eigenvalue weighted by Gasteiger charge is -2.66. The van der Waals surface area contributed by atoms with Gasteiger partial charge in [-0.2, -0.15) is 0 Å². The van der Waals surface area contributed by atoms with E-state index >= 15 is 0 Å². The highest BCUT2D eigenvalue weighted by atomic mass is 16.3. The molecule has 3 N–H and O–H groups in total. The Morgan fingerprint density at radius 3 is 2.26 bits per heavy atom. The van der Waals surface area contributed by atoms with Crippen LogP contribution in [0.15, 0.2) is 0 Å². The first kappa shape index (κ1) is 15.2. The molecule has 0 heterocycles. The van der Waals surface area contributed by atoms with Gasteiger partial charge in [-0.15, -0.1) is 0 Å². The molecular formula is C20H32O3. The Morgan fingerprint density at radius 1 is 0.913 bits per heavy atom. The van der Waals surface area contributed by atoms with Gasteiger partial charge in [-0.05, 0) is 84.9 Å². The predicted molar refractivity (Wildman–Crippen MR) is 87.5 cm³/mol. The van der Waals surface area contributed by atoms with E-state index in [4.69, 9.17) is 0 Å². The third-order valence-corrected chi connectivity index (χ3v) is 10.1. The van der Waals surface area contributed by atoms with Gasteiger partial charge in [0, 0.05) is 5.41 Å². The molecular weight excluding hydrogens is 288 g/mol. The Balaban J connectivity index is 1.55. The summed E-state index contributed by atoms with van der Waals surface area (Å²) in [5, 5.41) is 30.9. The predicted octanol–water partition coefficient (Wildman–Crippen LogP) is 2.58. The Hall–Kier alpha value is -0.120. The van der Waals surface area contributed by atoms with Gasteiger partial charge in [-0.1, -0.05) is 13.8 Å². The van der Waals surface area contributed by atoms with Gasteiger partial charge in [0.05, 0.1) is 19.3 Å². The topological polar surface area (TPSA) is 60.7 Å². The molecule has 6 rings (SSSR count). The molecule has 130 valence electrons. The fourth-order valence-corrected chi connectivity index (χ4v) is 8.95. The summed E-state index contributed by atoms with van der Waals surface area (Å²) in [6.45, 7) is 4.81. The Labute approximate surface area is 139 Å². The summed E-state index contributed by atoms with van der Waals surface area (Å²) in [6, 6.07) is 0. The van der Waals surface area contributed by atoms with E-state index in [0.29, 0.717) is 10.8 Å². The molecule has 1 spiro atoms. The molecule has 0 aliphatic heterocycles. The largest absolute Gasteiger partial charge is 0.396 e. The molecule has 0 unspecified atom stereocenters. The molecule has 3 heteroatoms. The lowest BCUT2D eigenvalue weighted by atomic mass is 9.39. The van der Waals surface area contributed by atoms with Crippen molar-refractivity contribution >= 4 is 0 Å². The summed E-state index contributed by atoms with van der Waals surface area (Å²) in [4.78, 5) is 0. The molecule has 0 aromatic heterocycles. The number of hydrogen-bond acceptors (Lipinski definition) is 3. The fourth-order valence-electron chi connectivity index (χ4n) is 8.95. The van der Waals surface area contributed by atoms with Gasteiger partial charge in [-0.25, -0.2) is 0 Å². The van der Waals surface area contributed by atoms with E-state index < -0.39 is 11.5 Å². The van der Waals surface area contributed by atoms with Gasteiger partial charge in [0.15, 0.2) is 0 Å².